The van der Waals surface area contributed by atoms with E-state index >= 15 is 0 Å². The zero-order valence-electron chi connectivity index (χ0n) is 13.4. The van der Waals surface area contributed by atoms with E-state index in [0.717, 1.165) is 25.1 Å². The Morgan fingerprint density at radius 1 is 1.30 bits per heavy atom. The van der Waals surface area contributed by atoms with Crippen LogP contribution >= 0.6 is 0 Å². The van der Waals surface area contributed by atoms with Crippen molar-refractivity contribution in [2.75, 3.05) is 18.8 Å². The van der Waals surface area contributed by atoms with Gasteiger partial charge in [0.2, 0.25) is 0 Å². The fraction of sp³-hybridized carbons (Fsp3) is 0.625. The monoisotopic (exact) mass is 277 g/mol. The van der Waals surface area contributed by atoms with Gasteiger partial charge >= 0.3 is 0 Å². The van der Waals surface area contributed by atoms with Crippen molar-refractivity contribution in [1.29, 1.82) is 0 Å². The summed E-state index contributed by atoms with van der Waals surface area (Å²) in [5.74, 6) is 0.452. The third kappa shape index (κ3) is 4.22. The highest BCUT2D eigenvalue weighted by molar-refractivity contribution is 5.95. The Morgan fingerprint density at radius 3 is 2.45 bits per heavy atom. The predicted molar refractivity (Wildman–Crippen MR) is 83.8 cm³/mol. The number of aromatic nitrogens is 1. The quantitative estimate of drug-likeness (QED) is 0.899. The average Bonchev–Trinajstić information content (AvgIpc) is 2.37. The summed E-state index contributed by atoms with van der Waals surface area (Å²) in [6, 6.07) is 3.54. The van der Waals surface area contributed by atoms with E-state index in [9.17, 15) is 4.79 Å². The van der Waals surface area contributed by atoms with Crippen molar-refractivity contribution >= 4 is 11.7 Å². The van der Waals surface area contributed by atoms with E-state index in [0.29, 0.717) is 17.9 Å². The molecule has 0 spiro atoms. The average molecular weight is 277 g/mol. The fourth-order valence-electron chi connectivity index (χ4n) is 1.99. The van der Waals surface area contributed by atoms with Crippen LogP contribution in [0.2, 0.25) is 0 Å². The summed E-state index contributed by atoms with van der Waals surface area (Å²) in [5, 5.41) is 0. The van der Waals surface area contributed by atoms with Gasteiger partial charge in [-0.3, -0.25) is 4.79 Å². The number of nitrogens with two attached hydrogens (primary N) is 1. The number of anilines is 1. The third-order valence-electron chi connectivity index (χ3n) is 3.31. The summed E-state index contributed by atoms with van der Waals surface area (Å²) in [6.45, 7) is 11.8. The van der Waals surface area contributed by atoms with Gasteiger partial charge in [0.1, 0.15) is 5.82 Å². The second-order valence-corrected chi connectivity index (χ2v) is 6.15. The van der Waals surface area contributed by atoms with Crippen LogP contribution in [0.25, 0.3) is 0 Å². The van der Waals surface area contributed by atoms with Gasteiger partial charge in [0.05, 0.1) is 0 Å². The molecule has 0 aliphatic rings. The number of amides is 1. The van der Waals surface area contributed by atoms with Crippen LogP contribution in [0.4, 0.5) is 5.82 Å². The maximum absolute atomic E-state index is 12.6. The molecule has 2 N–H and O–H groups in total. The van der Waals surface area contributed by atoms with Crippen molar-refractivity contribution in [1.82, 2.24) is 9.88 Å². The smallest absolute Gasteiger partial charge is 0.254 e. The lowest BCUT2D eigenvalue weighted by Gasteiger charge is -2.23. The molecule has 0 bridgehead atoms. The number of unbranched alkanes of at least 4 members (excludes halogenated alkanes) is 1. The summed E-state index contributed by atoms with van der Waals surface area (Å²) in [6.07, 6.45) is 2.10. The molecule has 1 rings (SSSR count). The molecule has 0 aliphatic carbocycles. The molecule has 0 atom stereocenters. The van der Waals surface area contributed by atoms with Crippen LogP contribution in [0.15, 0.2) is 12.1 Å². The third-order valence-corrected chi connectivity index (χ3v) is 3.31. The van der Waals surface area contributed by atoms with Gasteiger partial charge in [-0.2, -0.15) is 0 Å². The van der Waals surface area contributed by atoms with Crippen molar-refractivity contribution in [3.05, 3.63) is 23.4 Å². The van der Waals surface area contributed by atoms with Crippen LogP contribution in [0, 0.1) is 0 Å². The number of nitrogen functional groups attached to an aromatic ring is 1. The van der Waals surface area contributed by atoms with Gasteiger partial charge < -0.3 is 10.6 Å². The lowest BCUT2D eigenvalue weighted by atomic mass is 9.90. The molecule has 112 valence electrons. The molecule has 0 fully saturated rings. The van der Waals surface area contributed by atoms with Crippen LogP contribution < -0.4 is 5.73 Å². The van der Waals surface area contributed by atoms with Crippen LogP contribution in [0.3, 0.4) is 0 Å². The number of nitrogens with zero attached hydrogens (tertiary/aromatic N) is 2. The number of pyridine rings is 1. The molecule has 1 amide bonds. The highest BCUT2D eigenvalue weighted by Crippen LogP contribution is 2.23. The molecule has 4 heteroatoms. The largest absolute Gasteiger partial charge is 0.384 e. The Kier molecular flexibility index (Phi) is 5.54. The van der Waals surface area contributed by atoms with E-state index in [1.165, 1.54) is 0 Å². The molecular formula is C16H27N3O. The summed E-state index contributed by atoms with van der Waals surface area (Å²) < 4.78 is 0. The second-order valence-electron chi connectivity index (χ2n) is 6.15. The number of carbonyl (C=O) groups is 1. The predicted octanol–water partition coefficient (Wildman–Crippen LogP) is 3.22. The first kappa shape index (κ1) is 16.5. The van der Waals surface area contributed by atoms with Crippen LogP contribution in [-0.2, 0) is 5.41 Å². The molecule has 0 aliphatic heterocycles. The van der Waals surface area contributed by atoms with Crippen molar-refractivity contribution in [3.63, 3.8) is 0 Å². The standard InChI is InChI=1S/C16H27N3O/c1-6-8-9-19(7-2)15(20)12-10-13(16(3,4)5)18-14(17)11-12/h10-11H,6-9H2,1-5H3,(H2,17,18). The first-order chi connectivity index (χ1) is 9.29. The van der Waals surface area contributed by atoms with Gasteiger partial charge in [-0.1, -0.05) is 34.1 Å². The topological polar surface area (TPSA) is 59.2 Å². The van der Waals surface area contributed by atoms with Crippen LogP contribution in [0.5, 0.6) is 0 Å². The summed E-state index contributed by atoms with van der Waals surface area (Å²) in [7, 11) is 0. The molecule has 0 unspecified atom stereocenters. The first-order valence-corrected chi connectivity index (χ1v) is 7.36. The van der Waals surface area contributed by atoms with Crippen LogP contribution in [-0.4, -0.2) is 28.9 Å². The van der Waals surface area contributed by atoms with Crippen molar-refractivity contribution in [2.45, 2.75) is 52.9 Å². The lowest BCUT2D eigenvalue weighted by Crippen LogP contribution is -2.32. The van der Waals surface area contributed by atoms with Gasteiger partial charge in [-0.05, 0) is 25.5 Å². The number of hydrogen-bond acceptors (Lipinski definition) is 3. The van der Waals surface area contributed by atoms with E-state index in [1.807, 2.05) is 17.9 Å². The molecule has 4 nitrogen and oxygen atoms in total. The van der Waals surface area contributed by atoms with E-state index in [-0.39, 0.29) is 11.3 Å². The Balaban J connectivity index is 3.06. The second kappa shape index (κ2) is 6.73. The van der Waals surface area contributed by atoms with Gasteiger partial charge in [0.25, 0.3) is 5.91 Å². The van der Waals surface area contributed by atoms with E-state index < -0.39 is 0 Å². The van der Waals surface area contributed by atoms with E-state index in [1.54, 1.807) is 6.07 Å². The Labute approximate surface area is 122 Å². The van der Waals surface area contributed by atoms with Crippen molar-refractivity contribution in [3.8, 4) is 0 Å². The highest BCUT2D eigenvalue weighted by Gasteiger charge is 2.20. The maximum Gasteiger partial charge on any atom is 0.254 e. The number of rotatable bonds is 5. The summed E-state index contributed by atoms with van der Waals surface area (Å²) >= 11 is 0. The van der Waals surface area contributed by atoms with Gasteiger partial charge in [-0.25, -0.2) is 4.98 Å². The molecule has 0 saturated carbocycles. The first-order valence-electron chi connectivity index (χ1n) is 7.36. The molecule has 0 aromatic carbocycles. The van der Waals surface area contributed by atoms with Crippen molar-refractivity contribution < 1.29 is 4.79 Å². The molecule has 1 heterocycles. The zero-order chi connectivity index (χ0) is 15.3. The van der Waals surface area contributed by atoms with Gasteiger partial charge in [0, 0.05) is 29.8 Å². The normalized spacial score (nSPS) is 11.4. The van der Waals surface area contributed by atoms with E-state index in [4.69, 9.17) is 5.73 Å². The minimum absolute atomic E-state index is 0.0422. The Morgan fingerprint density at radius 2 is 1.95 bits per heavy atom. The molecule has 1 aromatic rings. The van der Waals surface area contributed by atoms with Crippen LogP contribution in [0.1, 0.15) is 63.5 Å². The molecule has 1 aromatic heterocycles. The Bertz CT molecular complexity index is 463. The molecule has 0 saturated heterocycles. The fourth-order valence-corrected chi connectivity index (χ4v) is 1.99. The SMILES string of the molecule is CCCCN(CC)C(=O)c1cc(N)nc(C(C)(C)C)c1. The molecule has 20 heavy (non-hydrogen) atoms. The Hall–Kier alpha value is -1.58. The maximum atomic E-state index is 12.6. The minimum atomic E-state index is -0.120. The van der Waals surface area contributed by atoms with Gasteiger partial charge in [-0.15, -0.1) is 0 Å². The van der Waals surface area contributed by atoms with Gasteiger partial charge in [0.15, 0.2) is 0 Å². The number of carbonyl (C=O) groups excluding carboxylic acids is 1. The lowest BCUT2D eigenvalue weighted by molar-refractivity contribution is 0.0762. The molecular weight excluding hydrogens is 250 g/mol. The summed E-state index contributed by atoms with van der Waals surface area (Å²) in [4.78, 5) is 18.8. The zero-order valence-corrected chi connectivity index (χ0v) is 13.4. The van der Waals surface area contributed by atoms with Crippen molar-refractivity contribution in [2.24, 2.45) is 0 Å². The molecule has 0 radical (unpaired) electrons. The summed E-state index contributed by atoms with van der Waals surface area (Å²) in [5.41, 5.74) is 7.23. The highest BCUT2D eigenvalue weighted by atomic mass is 16.2. The van der Waals surface area contributed by atoms with E-state index in [2.05, 4.69) is 32.7 Å². The minimum Gasteiger partial charge on any atom is -0.384 e. The number of hydrogen-bond donors (Lipinski definition) is 1.